The van der Waals surface area contributed by atoms with Gasteiger partial charge < -0.3 is 14.2 Å². The SMILES string of the molecule is CB1OCc2cc(Oc3ccccc3)ccc21.CC.[C-]#[N+]C. The molecule has 0 saturated carbocycles. The molecular weight excluding hydrogens is 273 g/mol. The first-order valence-electron chi connectivity index (χ1n) is 7.47. The second-order valence-corrected chi connectivity index (χ2v) is 4.45. The summed E-state index contributed by atoms with van der Waals surface area (Å²) in [7, 11) is 1.42. The molecule has 2 aromatic rings. The minimum Gasteiger partial charge on any atom is -0.457 e. The fraction of sp³-hybridized carbons (Fsp3) is 0.278. The van der Waals surface area contributed by atoms with Crippen LogP contribution in [0.2, 0.25) is 6.82 Å². The van der Waals surface area contributed by atoms with E-state index in [0.29, 0.717) is 6.61 Å². The second kappa shape index (κ2) is 9.65. The van der Waals surface area contributed by atoms with Crippen molar-refractivity contribution in [3.05, 3.63) is 65.5 Å². The van der Waals surface area contributed by atoms with Gasteiger partial charge in [-0.15, -0.1) is 0 Å². The van der Waals surface area contributed by atoms with E-state index >= 15 is 0 Å². The van der Waals surface area contributed by atoms with Crippen LogP contribution in [0.4, 0.5) is 0 Å². The van der Waals surface area contributed by atoms with Crippen LogP contribution in [0, 0.1) is 6.57 Å². The van der Waals surface area contributed by atoms with Gasteiger partial charge in [-0.25, -0.2) is 6.57 Å². The normalized spacial score (nSPS) is 11.1. The van der Waals surface area contributed by atoms with Crippen molar-refractivity contribution in [3.8, 4) is 11.5 Å². The Morgan fingerprint density at radius 3 is 2.36 bits per heavy atom. The lowest BCUT2D eigenvalue weighted by Gasteiger charge is -2.07. The van der Waals surface area contributed by atoms with E-state index in [-0.39, 0.29) is 6.92 Å². The van der Waals surface area contributed by atoms with Crippen molar-refractivity contribution in [1.29, 1.82) is 0 Å². The molecule has 22 heavy (non-hydrogen) atoms. The highest BCUT2D eigenvalue weighted by atomic mass is 16.5. The molecule has 2 aromatic carbocycles. The zero-order valence-electron chi connectivity index (χ0n) is 13.7. The molecule has 1 heterocycles. The van der Waals surface area contributed by atoms with Gasteiger partial charge in [-0.05, 0) is 35.3 Å². The van der Waals surface area contributed by atoms with Gasteiger partial charge in [0.2, 0.25) is 7.05 Å². The maximum Gasteiger partial charge on any atom is 0.324 e. The zero-order chi connectivity index (χ0) is 16.4. The van der Waals surface area contributed by atoms with Crippen molar-refractivity contribution in [3.63, 3.8) is 0 Å². The second-order valence-electron chi connectivity index (χ2n) is 4.45. The number of nitrogens with zero attached hydrogens (tertiary/aromatic N) is 1. The van der Waals surface area contributed by atoms with Gasteiger partial charge in [0.15, 0.2) is 0 Å². The third kappa shape index (κ3) is 4.94. The van der Waals surface area contributed by atoms with Crippen LogP contribution in [-0.2, 0) is 11.3 Å². The molecule has 4 heteroatoms. The van der Waals surface area contributed by atoms with E-state index in [9.17, 15) is 0 Å². The maximum absolute atomic E-state index is 5.83. The van der Waals surface area contributed by atoms with E-state index in [1.54, 1.807) is 0 Å². The van der Waals surface area contributed by atoms with Crippen LogP contribution in [0.1, 0.15) is 19.4 Å². The minimum atomic E-state index is 0.204. The summed E-state index contributed by atoms with van der Waals surface area (Å²) in [6, 6.07) is 16.0. The van der Waals surface area contributed by atoms with Crippen molar-refractivity contribution in [2.24, 2.45) is 0 Å². The molecule has 0 bridgehead atoms. The third-order valence-electron chi connectivity index (χ3n) is 3.02. The molecule has 0 saturated heterocycles. The first-order valence-corrected chi connectivity index (χ1v) is 7.47. The van der Waals surface area contributed by atoms with Gasteiger partial charge in [0, 0.05) is 0 Å². The average molecular weight is 295 g/mol. The molecule has 0 fully saturated rings. The van der Waals surface area contributed by atoms with E-state index in [4.69, 9.17) is 16.0 Å². The standard InChI is InChI=1S/C14H13BO2.C2H3N.C2H6/c1-15-14-8-7-13(9-11(14)10-16-15)17-12-5-3-2-4-6-12;1-3-2;1-2/h2-9H,10H2,1H3;1H3;1-2H3. The Kier molecular flexibility index (Phi) is 7.81. The molecule has 1 aliphatic rings. The quantitative estimate of drug-likeness (QED) is 0.605. The highest BCUT2D eigenvalue weighted by Gasteiger charge is 2.23. The summed E-state index contributed by atoms with van der Waals surface area (Å²) in [5.74, 6) is 1.73. The molecule has 3 nitrogen and oxygen atoms in total. The Morgan fingerprint density at radius 1 is 1.09 bits per heavy atom. The molecule has 0 aliphatic carbocycles. The lowest BCUT2D eigenvalue weighted by atomic mass is 9.64. The van der Waals surface area contributed by atoms with E-state index in [1.165, 1.54) is 18.1 Å². The molecule has 114 valence electrons. The van der Waals surface area contributed by atoms with E-state index in [1.807, 2.05) is 50.2 Å². The number of rotatable bonds is 2. The summed E-state index contributed by atoms with van der Waals surface area (Å²) in [6.45, 7) is 12.8. The largest absolute Gasteiger partial charge is 0.457 e. The number of benzene rings is 2. The van der Waals surface area contributed by atoms with Gasteiger partial charge >= 0.3 is 6.92 Å². The lowest BCUT2D eigenvalue weighted by molar-refractivity contribution is 0.333. The number of para-hydroxylation sites is 1. The van der Waals surface area contributed by atoms with Crippen LogP contribution in [0.3, 0.4) is 0 Å². The van der Waals surface area contributed by atoms with Crippen LogP contribution in [0.15, 0.2) is 48.5 Å². The van der Waals surface area contributed by atoms with Crippen molar-refractivity contribution in [2.75, 3.05) is 7.05 Å². The summed E-state index contributed by atoms with van der Waals surface area (Å²) >= 11 is 0. The first-order chi connectivity index (χ1) is 10.7. The molecular formula is C18H22BNO2. The van der Waals surface area contributed by atoms with Crippen molar-refractivity contribution in [1.82, 2.24) is 0 Å². The molecule has 3 rings (SSSR count). The molecule has 1 aliphatic heterocycles. The molecule has 0 atom stereocenters. The number of hydrogen-bond donors (Lipinski definition) is 0. The summed E-state index contributed by atoms with van der Waals surface area (Å²) in [5, 5.41) is 0. The highest BCUT2D eigenvalue weighted by Crippen LogP contribution is 2.23. The molecule has 0 radical (unpaired) electrons. The van der Waals surface area contributed by atoms with Crippen LogP contribution >= 0.6 is 0 Å². The number of ether oxygens (including phenoxy) is 1. The summed E-state index contributed by atoms with van der Waals surface area (Å²) in [6.07, 6.45) is 0. The third-order valence-corrected chi connectivity index (χ3v) is 3.02. The van der Waals surface area contributed by atoms with Gasteiger partial charge in [-0.2, -0.15) is 0 Å². The predicted octanol–water partition coefficient (Wildman–Crippen LogP) is 4.40. The van der Waals surface area contributed by atoms with Crippen LogP contribution in [0.25, 0.3) is 4.85 Å². The Hall–Kier alpha value is -2.25. The summed E-state index contributed by atoms with van der Waals surface area (Å²) in [5.41, 5.74) is 2.50. The van der Waals surface area contributed by atoms with E-state index in [2.05, 4.69) is 23.8 Å². The zero-order valence-corrected chi connectivity index (χ0v) is 13.7. The maximum atomic E-state index is 5.83. The van der Waals surface area contributed by atoms with Crippen LogP contribution in [-0.4, -0.2) is 14.0 Å². The molecule has 0 unspecified atom stereocenters. The molecule has 0 N–H and O–H groups in total. The highest BCUT2D eigenvalue weighted by molar-refractivity contribution is 6.67. The lowest BCUT2D eigenvalue weighted by Crippen LogP contribution is -2.23. The van der Waals surface area contributed by atoms with Gasteiger partial charge in [0.1, 0.15) is 11.5 Å². The first kappa shape index (κ1) is 17.8. The average Bonchev–Trinajstić information content (AvgIpc) is 2.92. The fourth-order valence-electron chi connectivity index (χ4n) is 2.10. The van der Waals surface area contributed by atoms with E-state index < -0.39 is 0 Å². The number of hydrogen-bond acceptors (Lipinski definition) is 2. The van der Waals surface area contributed by atoms with E-state index in [0.717, 1.165) is 11.5 Å². The minimum absolute atomic E-state index is 0.204. The Labute approximate surface area is 133 Å². The monoisotopic (exact) mass is 295 g/mol. The van der Waals surface area contributed by atoms with Gasteiger partial charge in [-0.3, -0.25) is 0 Å². The Balaban J connectivity index is 0.000000435. The molecule has 0 aromatic heterocycles. The van der Waals surface area contributed by atoms with Gasteiger partial charge in [0.25, 0.3) is 0 Å². The topological polar surface area (TPSA) is 22.8 Å². The smallest absolute Gasteiger partial charge is 0.324 e. The Bertz CT molecular complexity index is 608. The molecule has 0 spiro atoms. The Morgan fingerprint density at radius 2 is 1.73 bits per heavy atom. The van der Waals surface area contributed by atoms with Crippen molar-refractivity contribution >= 4 is 12.4 Å². The predicted molar refractivity (Wildman–Crippen MR) is 92.9 cm³/mol. The number of fused-ring (bicyclic) bond motifs is 1. The molecule has 0 amide bonds. The van der Waals surface area contributed by atoms with Crippen LogP contribution in [0.5, 0.6) is 11.5 Å². The summed E-state index contributed by atoms with van der Waals surface area (Å²) in [4.78, 5) is 2.75. The van der Waals surface area contributed by atoms with Crippen molar-refractivity contribution in [2.45, 2.75) is 27.3 Å². The van der Waals surface area contributed by atoms with Crippen molar-refractivity contribution < 1.29 is 9.39 Å². The van der Waals surface area contributed by atoms with Gasteiger partial charge in [-0.1, -0.05) is 44.9 Å². The van der Waals surface area contributed by atoms with Crippen LogP contribution < -0.4 is 10.2 Å². The fourth-order valence-corrected chi connectivity index (χ4v) is 2.10. The van der Waals surface area contributed by atoms with Gasteiger partial charge in [0.05, 0.1) is 6.61 Å². The summed E-state index contributed by atoms with van der Waals surface area (Å²) < 4.78 is 11.4.